The van der Waals surface area contributed by atoms with Crippen LogP contribution < -0.4 is 9.47 Å². The van der Waals surface area contributed by atoms with Gasteiger partial charge in [-0.15, -0.1) is 0 Å². The van der Waals surface area contributed by atoms with Crippen molar-refractivity contribution in [3.63, 3.8) is 0 Å². The summed E-state index contributed by atoms with van der Waals surface area (Å²) in [7, 11) is 1.64. The molecule has 24 heavy (non-hydrogen) atoms. The molecule has 1 aromatic heterocycles. The van der Waals surface area contributed by atoms with Gasteiger partial charge in [-0.1, -0.05) is 30.3 Å². The predicted octanol–water partition coefficient (Wildman–Crippen LogP) is 3.77. The topological polar surface area (TPSA) is 52.1 Å². The zero-order valence-electron chi connectivity index (χ0n) is 13.4. The lowest BCUT2D eigenvalue weighted by atomic mass is 10.1. The molecule has 0 bridgehead atoms. The van der Waals surface area contributed by atoms with E-state index in [0.717, 1.165) is 30.3 Å². The maximum absolute atomic E-state index is 5.79. The number of H-pyrrole nitrogens is 1. The Morgan fingerprint density at radius 1 is 1.04 bits per heavy atom. The van der Waals surface area contributed by atoms with Crippen molar-refractivity contribution >= 4 is 12.2 Å². The zero-order chi connectivity index (χ0) is 16.8. The summed E-state index contributed by atoms with van der Waals surface area (Å²) in [5, 5.41) is 7.12. The Labute approximate surface area is 145 Å². The largest absolute Gasteiger partial charge is 0.497 e. The minimum absolute atomic E-state index is 0.355. The normalized spacial score (nSPS) is 10.5. The molecule has 0 amide bonds. The fraction of sp³-hybridized carbons (Fsp3) is 0.222. The average molecular weight is 341 g/mol. The van der Waals surface area contributed by atoms with E-state index in [0.29, 0.717) is 11.4 Å². The van der Waals surface area contributed by atoms with Crippen LogP contribution in [0.1, 0.15) is 11.4 Å². The fourth-order valence-corrected chi connectivity index (χ4v) is 2.64. The van der Waals surface area contributed by atoms with Crippen LogP contribution in [0.2, 0.25) is 0 Å². The lowest BCUT2D eigenvalue weighted by molar-refractivity contribution is 0.288. The fourth-order valence-electron chi connectivity index (χ4n) is 2.40. The Hall–Kier alpha value is -2.60. The van der Waals surface area contributed by atoms with Crippen molar-refractivity contribution in [2.45, 2.75) is 19.6 Å². The van der Waals surface area contributed by atoms with Crippen LogP contribution in [0.25, 0.3) is 0 Å². The number of aromatic nitrogens is 3. The summed E-state index contributed by atoms with van der Waals surface area (Å²) >= 11 is 5.32. The lowest BCUT2D eigenvalue weighted by Crippen LogP contribution is -2.09. The number of aryl methyl sites for hydroxylation is 1. The third kappa shape index (κ3) is 4.02. The van der Waals surface area contributed by atoms with Gasteiger partial charge >= 0.3 is 0 Å². The molecular formula is C18H19N3O2S. The molecule has 1 heterocycles. The van der Waals surface area contributed by atoms with Gasteiger partial charge < -0.3 is 14.0 Å². The molecule has 0 atom stereocenters. The van der Waals surface area contributed by atoms with Crippen molar-refractivity contribution in [2.24, 2.45) is 0 Å². The Bertz CT molecular complexity index is 825. The second kappa shape index (κ2) is 7.79. The summed E-state index contributed by atoms with van der Waals surface area (Å²) < 4.78 is 13.5. The van der Waals surface area contributed by atoms with E-state index in [2.05, 4.69) is 22.3 Å². The molecule has 0 fully saturated rings. The smallest absolute Gasteiger partial charge is 0.195 e. The number of benzene rings is 2. The van der Waals surface area contributed by atoms with Crippen molar-refractivity contribution in [3.8, 4) is 11.5 Å². The number of ether oxygens (including phenoxy) is 2. The van der Waals surface area contributed by atoms with E-state index in [1.165, 1.54) is 5.56 Å². The van der Waals surface area contributed by atoms with E-state index in [4.69, 9.17) is 21.7 Å². The quantitative estimate of drug-likeness (QED) is 0.665. The van der Waals surface area contributed by atoms with Gasteiger partial charge in [0.2, 0.25) is 0 Å². The minimum atomic E-state index is 0.355. The Morgan fingerprint density at radius 2 is 1.75 bits per heavy atom. The molecule has 0 unspecified atom stereocenters. The SMILES string of the molecule is COc1ccc(OCc2n[nH]c(=S)n2CCc2ccccc2)cc1. The summed E-state index contributed by atoms with van der Waals surface area (Å²) in [6.45, 7) is 1.12. The van der Waals surface area contributed by atoms with Gasteiger partial charge in [0.05, 0.1) is 7.11 Å². The van der Waals surface area contributed by atoms with Gasteiger partial charge in [0.15, 0.2) is 10.6 Å². The number of aromatic amines is 1. The van der Waals surface area contributed by atoms with Crippen LogP contribution in [-0.2, 0) is 19.6 Å². The molecule has 6 heteroatoms. The average Bonchev–Trinajstić information content (AvgIpc) is 2.99. The van der Waals surface area contributed by atoms with E-state index in [1.54, 1.807) is 7.11 Å². The van der Waals surface area contributed by atoms with E-state index in [-0.39, 0.29) is 0 Å². The van der Waals surface area contributed by atoms with E-state index in [1.807, 2.05) is 47.0 Å². The van der Waals surface area contributed by atoms with Crippen LogP contribution >= 0.6 is 12.2 Å². The summed E-state index contributed by atoms with van der Waals surface area (Å²) in [4.78, 5) is 0. The van der Waals surface area contributed by atoms with Crippen molar-refractivity contribution in [3.05, 3.63) is 70.8 Å². The number of hydrogen-bond donors (Lipinski definition) is 1. The summed E-state index contributed by atoms with van der Waals surface area (Å²) in [6.07, 6.45) is 0.893. The van der Waals surface area contributed by atoms with Crippen LogP contribution in [-0.4, -0.2) is 21.9 Å². The summed E-state index contributed by atoms with van der Waals surface area (Å²) in [5.41, 5.74) is 1.27. The first-order chi connectivity index (χ1) is 11.8. The Morgan fingerprint density at radius 3 is 2.46 bits per heavy atom. The Kier molecular flexibility index (Phi) is 5.28. The first-order valence-electron chi connectivity index (χ1n) is 7.71. The van der Waals surface area contributed by atoms with Gasteiger partial charge in [-0.05, 0) is 48.5 Å². The molecule has 0 aliphatic carbocycles. The number of rotatable bonds is 7. The monoisotopic (exact) mass is 341 g/mol. The van der Waals surface area contributed by atoms with Crippen LogP contribution in [0.15, 0.2) is 54.6 Å². The number of methoxy groups -OCH3 is 1. The van der Waals surface area contributed by atoms with Crippen molar-refractivity contribution < 1.29 is 9.47 Å². The highest BCUT2D eigenvalue weighted by Gasteiger charge is 2.07. The molecular weight excluding hydrogens is 322 g/mol. The van der Waals surface area contributed by atoms with Crippen molar-refractivity contribution in [1.29, 1.82) is 0 Å². The number of nitrogens with one attached hydrogen (secondary N) is 1. The van der Waals surface area contributed by atoms with Crippen LogP contribution in [0.3, 0.4) is 0 Å². The van der Waals surface area contributed by atoms with E-state index < -0.39 is 0 Å². The maximum atomic E-state index is 5.79. The lowest BCUT2D eigenvalue weighted by Gasteiger charge is -2.09. The summed E-state index contributed by atoms with van der Waals surface area (Å²) in [5.74, 6) is 2.35. The number of nitrogens with zero attached hydrogens (tertiary/aromatic N) is 2. The van der Waals surface area contributed by atoms with E-state index in [9.17, 15) is 0 Å². The van der Waals surface area contributed by atoms with Gasteiger partial charge in [-0.2, -0.15) is 5.10 Å². The molecule has 2 aromatic carbocycles. The first-order valence-corrected chi connectivity index (χ1v) is 8.12. The zero-order valence-corrected chi connectivity index (χ0v) is 14.3. The van der Waals surface area contributed by atoms with Crippen LogP contribution in [0, 0.1) is 4.77 Å². The van der Waals surface area contributed by atoms with Gasteiger partial charge in [0.1, 0.15) is 18.1 Å². The first kappa shape index (κ1) is 16.3. The summed E-state index contributed by atoms with van der Waals surface area (Å²) in [6, 6.07) is 17.8. The van der Waals surface area contributed by atoms with Crippen LogP contribution in [0.4, 0.5) is 0 Å². The molecule has 1 N–H and O–H groups in total. The van der Waals surface area contributed by atoms with Gasteiger partial charge in [0.25, 0.3) is 0 Å². The predicted molar refractivity (Wildman–Crippen MR) is 94.9 cm³/mol. The molecule has 124 valence electrons. The second-order valence-corrected chi connectivity index (χ2v) is 5.68. The highest BCUT2D eigenvalue weighted by atomic mass is 32.1. The molecule has 0 aliphatic heterocycles. The number of hydrogen-bond acceptors (Lipinski definition) is 4. The van der Waals surface area contributed by atoms with Crippen molar-refractivity contribution in [2.75, 3.05) is 7.11 Å². The third-order valence-electron chi connectivity index (χ3n) is 3.73. The maximum Gasteiger partial charge on any atom is 0.195 e. The standard InChI is InChI=1S/C18H19N3O2S/c1-22-15-7-9-16(10-8-15)23-13-17-19-20-18(24)21(17)12-11-14-5-3-2-4-6-14/h2-10H,11-13H2,1H3,(H,20,24). The van der Waals surface area contributed by atoms with Gasteiger partial charge in [-0.25, -0.2) is 0 Å². The molecule has 0 saturated carbocycles. The molecule has 3 aromatic rings. The van der Waals surface area contributed by atoms with Gasteiger partial charge in [0, 0.05) is 6.54 Å². The molecule has 0 aliphatic rings. The highest BCUT2D eigenvalue weighted by molar-refractivity contribution is 7.71. The molecule has 3 rings (SSSR count). The molecule has 5 nitrogen and oxygen atoms in total. The van der Waals surface area contributed by atoms with Crippen molar-refractivity contribution in [1.82, 2.24) is 14.8 Å². The van der Waals surface area contributed by atoms with Crippen LogP contribution in [0.5, 0.6) is 11.5 Å². The van der Waals surface area contributed by atoms with Gasteiger partial charge in [-0.3, -0.25) is 5.10 Å². The molecule has 0 spiro atoms. The highest BCUT2D eigenvalue weighted by Crippen LogP contribution is 2.18. The minimum Gasteiger partial charge on any atom is -0.497 e. The third-order valence-corrected chi connectivity index (χ3v) is 4.04. The Balaban J connectivity index is 1.64. The van der Waals surface area contributed by atoms with E-state index >= 15 is 0 Å². The second-order valence-electron chi connectivity index (χ2n) is 5.30. The molecule has 0 saturated heterocycles. The molecule has 0 radical (unpaired) electrons.